The second-order valence-corrected chi connectivity index (χ2v) is 11.3. The van der Waals surface area contributed by atoms with Gasteiger partial charge >= 0.3 is 0 Å². The van der Waals surface area contributed by atoms with Crippen molar-refractivity contribution in [1.82, 2.24) is 0 Å². The highest BCUT2D eigenvalue weighted by atomic mass is 79.9. The van der Waals surface area contributed by atoms with Crippen LogP contribution in [-0.4, -0.2) is 15.6 Å². The lowest BCUT2D eigenvalue weighted by Gasteiger charge is -2.38. The second-order valence-electron chi connectivity index (χ2n) is 8.16. The minimum Gasteiger partial charge on any atom is -0.378 e. The summed E-state index contributed by atoms with van der Waals surface area (Å²) in [5.41, 5.74) is 3.57. The van der Waals surface area contributed by atoms with Crippen LogP contribution in [0.3, 0.4) is 0 Å². The first-order chi connectivity index (χ1) is 15.4. The molecule has 0 saturated heterocycles. The summed E-state index contributed by atoms with van der Waals surface area (Å²) in [4.78, 5) is 11.9. The van der Waals surface area contributed by atoms with Crippen molar-refractivity contribution in [2.24, 2.45) is 5.92 Å². The summed E-state index contributed by atoms with van der Waals surface area (Å²) in [5, 5.41) is 15.9. The normalized spacial score (nSPS) is 26.2. The van der Waals surface area contributed by atoms with Gasteiger partial charge in [0.1, 0.15) is 0 Å². The summed E-state index contributed by atoms with van der Waals surface area (Å²) in [6, 6.07) is 21.2. The van der Waals surface area contributed by atoms with Gasteiger partial charge in [0, 0.05) is 32.4 Å². The first-order valence-corrected chi connectivity index (χ1v) is 12.8. The van der Waals surface area contributed by atoms with E-state index in [1.807, 2.05) is 30.3 Å². The molecule has 2 aliphatic rings. The fourth-order valence-corrected chi connectivity index (χ4v) is 7.41. The van der Waals surface area contributed by atoms with Crippen LogP contribution in [0.1, 0.15) is 29.5 Å². The molecule has 164 valence electrons. The number of thioether (sulfide) groups is 1. The van der Waals surface area contributed by atoms with Gasteiger partial charge in [0.2, 0.25) is 0 Å². The Balaban J connectivity index is 1.53. The van der Waals surface area contributed by atoms with E-state index >= 15 is 0 Å². The highest BCUT2D eigenvalue weighted by Gasteiger charge is 2.50. The van der Waals surface area contributed by atoms with Gasteiger partial charge in [0.15, 0.2) is 0 Å². The number of fused-ring (bicyclic) bond motifs is 3. The Labute approximate surface area is 209 Å². The molecular formula is C24H19BrCl2N2O2S. The molecule has 5 atom stereocenters. The minimum absolute atomic E-state index is 0.0503. The molecule has 4 nitrogen and oxygen atoms in total. The van der Waals surface area contributed by atoms with Gasteiger partial charge in [-0.1, -0.05) is 51.8 Å². The van der Waals surface area contributed by atoms with Crippen LogP contribution in [0.5, 0.6) is 0 Å². The highest BCUT2D eigenvalue weighted by molar-refractivity contribution is 9.10. The van der Waals surface area contributed by atoms with Crippen LogP contribution in [0, 0.1) is 16.0 Å². The maximum absolute atomic E-state index is 11.5. The number of nitro groups is 1. The Hall–Kier alpha value is -1.73. The van der Waals surface area contributed by atoms with Gasteiger partial charge in [-0.2, -0.15) is 0 Å². The van der Waals surface area contributed by atoms with Crippen molar-refractivity contribution in [3.8, 4) is 0 Å². The first-order valence-electron chi connectivity index (χ1n) is 10.3. The van der Waals surface area contributed by atoms with E-state index < -0.39 is 0 Å². The van der Waals surface area contributed by atoms with Crippen molar-refractivity contribution in [2.45, 2.75) is 33.9 Å². The van der Waals surface area contributed by atoms with Crippen molar-refractivity contribution >= 4 is 62.3 Å². The molecule has 0 bridgehead atoms. The SMILES string of the molecule is O=[N+]([O-])c1ccccc1SC1CC2C(c3ccc(Cl)cc3)Nc3ccc(Br)cc3C2C1Cl. The van der Waals surface area contributed by atoms with Gasteiger partial charge < -0.3 is 5.32 Å². The lowest BCUT2D eigenvalue weighted by Crippen LogP contribution is -2.31. The number of nitrogens with one attached hydrogen (secondary N) is 1. The third-order valence-corrected chi connectivity index (χ3v) is 9.20. The van der Waals surface area contributed by atoms with Gasteiger partial charge in [-0.05, 0) is 59.9 Å². The number of nitro benzene ring substituents is 1. The number of halogens is 3. The summed E-state index contributed by atoms with van der Waals surface area (Å²) in [7, 11) is 0. The Morgan fingerprint density at radius 3 is 2.59 bits per heavy atom. The van der Waals surface area contributed by atoms with Crippen LogP contribution in [0.4, 0.5) is 11.4 Å². The standard InChI is InChI=1S/C24H19BrCl2N2O2S/c25-14-7-10-18-16(11-14)22-17(24(28-18)13-5-8-15(26)9-6-13)12-21(23(22)27)32-20-4-2-1-3-19(20)29(30)31/h1-11,17,21-24,28H,12H2. The molecule has 3 aromatic rings. The minimum atomic E-state index is -0.321. The number of rotatable bonds is 4. The third kappa shape index (κ3) is 4.03. The van der Waals surface area contributed by atoms with Crippen molar-refractivity contribution < 1.29 is 4.92 Å². The Bertz CT molecular complexity index is 1180. The van der Waals surface area contributed by atoms with Crippen LogP contribution in [0.15, 0.2) is 76.1 Å². The van der Waals surface area contributed by atoms with E-state index in [0.29, 0.717) is 9.92 Å². The average molecular weight is 550 g/mol. The molecular weight excluding hydrogens is 531 g/mol. The molecule has 1 heterocycles. The van der Waals surface area contributed by atoms with Crippen molar-refractivity contribution in [3.63, 3.8) is 0 Å². The van der Waals surface area contributed by atoms with Crippen molar-refractivity contribution in [2.75, 3.05) is 5.32 Å². The Kier molecular flexibility index (Phi) is 6.14. The summed E-state index contributed by atoms with van der Waals surface area (Å²) in [6.45, 7) is 0. The van der Waals surface area contributed by atoms with Gasteiger partial charge in [0.25, 0.3) is 5.69 Å². The molecule has 0 radical (unpaired) electrons. The van der Waals surface area contributed by atoms with Crippen LogP contribution < -0.4 is 5.32 Å². The topological polar surface area (TPSA) is 55.2 Å². The lowest BCUT2D eigenvalue weighted by atomic mass is 9.77. The molecule has 1 aliphatic carbocycles. The van der Waals surface area contributed by atoms with E-state index in [1.165, 1.54) is 17.3 Å². The smallest absolute Gasteiger partial charge is 0.282 e. The van der Waals surface area contributed by atoms with E-state index in [-0.39, 0.29) is 39.1 Å². The maximum Gasteiger partial charge on any atom is 0.282 e. The molecule has 32 heavy (non-hydrogen) atoms. The molecule has 1 saturated carbocycles. The predicted octanol–water partition coefficient (Wildman–Crippen LogP) is 8.05. The first kappa shape index (κ1) is 22.1. The predicted molar refractivity (Wildman–Crippen MR) is 135 cm³/mol. The second kappa shape index (κ2) is 8.90. The fourth-order valence-electron chi connectivity index (χ4n) is 4.96. The van der Waals surface area contributed by atoms with Crippen molar-refractivity contribution in [1.29, 1.82) is 0 Å². The summed E-state index contributed by atoms with van der Waals surface area (Å²) in [6.07, 6.45) is 0.849. The lowest BCUT2D eigenvalue weighted by molar-refractivity contribution is -0.387. The summed E-state index contributed by atoms with van der Waals surface area (Å²) < 4.78 is 1.01. The molecule has 1 fully saturated rings. The van der Waals surface area contributed by atoms with Crippen LogP contribution in [-0.2, 0) is 0 Å². The average Bonchev–Trinajstić information content (AvgIpc) is 3.10. The van der Waals surface area contributed by atoms with Gasteiger partial charge in [0.05, 0.1) is 21.2 Å². The highest BCUT2D eigenvalue weighted by Crippen LogP contribution is 2.58. The van der Waals surface area contributed by atoms with Crippen LogP contribution in [0.25, 0.3) is 0 Å². The monoisotopic (exact) mass is 548 g/mol. The zero-order valence-corrected chi connectivity index (χ0v) is 20.7. The van der Waals surface area contributed by atoms with Crippen molar-refractivity contribution in [3.05, 3.63) is 97.5 Å². The number of nitrogens with zero attached hydrogens (tertiary/aromatic N) is 1. The van der Waals surface area contributed by atoms with Crippen LogP contribution in [0.2, 0.25) is 5.02 Å². The largest absolute Gasteiger partial charge is 0.378 e. The van der Waals surface area contributed by atoms with Gasteiger partial charge in [-0.3, -0.25) is 10.1 Å². The van der Waals surface area contributed by atoms with E-state index in [2.05, 4.69) is 45.5 Å². The number of anilines is 1. The number of benzene rings is 3. The molecule has 1 N–H and O–H groups in total. The summed E-state index contributed by atoms with van der Waals surface area (Å²) in [5.74, 6) is 0.382. The molecule has 3 aromatic carbocycles. The molecule has 0 spiro atoms. The molecule has 0 aromatic heterocycles. The molecule has 1 aliphatic heterocycles. The zero-order valence-electron chi connectivity index (χ0n) is 16.8. The van der Waals surface area contributed by atoms with Crippen LogP contribution >= 0.6 is 50.9 Å². The summed E-state index contributed by atoms with van der Waals surface area (Å²) >= 11 is 18.4. The van der Waals surface area contributed by atoms with E-state index in [4.69, 9.17) is 23.2 Å². The number of hydrogen-bond donors (Lipinski definition) is 1. The van der Waals surface area contributed by atoms with Gasteiger partial charge in [-0.15, -0.1) is 23.4 Å². The molecule has 8 heteroatoms. The molecule has 5 unspecified atom stereocenters. The fraction of sp³-hybridized carbons (Fsp3) is 0.250. The maximum atomic E-state index is 11.5. The van der Waals surface area contributed by atoms with Gasteiger partial charge in [-0.25, -0.2) is 0 Å². The number of alkyl halides is 1. The number of hydrogen-bond acceptors (Lipinski definition) is 4. The molecule has 0 amide bonds. The van der Waals surface area contributed by atoms with E-state index in [9.17, 15) is 10.1 Å². The Morgan fingerprint density at radius 1 is 1.09 bits per heavy atom. The molecule has 5 rings (SSSR count). The quantitative estimate of drug-likeness (QED) is 0.203. The third-order valence-electron chi connectivity index (χ3n) is 6.35. The number of para-hydroxylation sites is 1. The zero-order chi connectivity index (χ0) is 22.4. The van der Waals surface area contributed by atoms with E-state index in [0.717, 1.165) is 22.1 Å². The Morgan fingerprint density at radius 2 is 1.84 bits per heavy atom. The van der Waals surface area contributed by atoms with E-state index in [1.54, 1.807) is 12.1 Å².